The van der Waals surface area contributed by atoms with Gasteiger partial charge >= 0.3 is 0 Å². The van der Waals surface area contributed by atoms with Crippen molar-refractivity contribution >= 4 is 0 Å². The largest absolute Gasteiger partial charge is 0.504 e. The molecule has 1 fully saturated rings. The number of rotatable bonds is 5. The zero-order valence-electron chi connectivity index (χ0n) is 11.6. The van der Waals surface area contributed by atoms with Crippen LogP contribution in [0, 0.1) is 0 Å². The van der Waals surface area contributed by atoms with E-state index in [9.17, 15) is 10.2 Å². The highest BCUT2D eigenvalue weighted by Crippen LogP contribution is 2.27. The lowest BCUT2D eigenvalue weighted by atomic mass is 10.1. The Morgan fingerprint density at radius 3 is 2.68 bits per heavy atom. The number of hydrogen-bond acceptors (Lipinski definition) is 4. The van der Waals surface area contributed by atoms with Crippen molar-refractivity contribution in [1.29, 1.82) is 0 Å². The Bertz CT molecular complexity index is 403. The summed E-state index contributed by atoms with van der Waals surface area (Å²) in [5, 5.41) is 22.5. The SMILES string of the molecule is CC(CNCc1cccc(O)c1O)N1CCCCC1. The number of nitrogens with zero attached hydrogens (tertiary/aromatic N) is 1. The smallest absolute Gasteiger partial charge is 0.161 e. The van der Waals surface area contributed by atoms with Crippen LogP contribution in [0.1, 0.15) is 31.7 Å². The van der Waals surface area contributed by atoms with E-state index in [1.807, 2.05) is 6.07 Å². The van der Waals surface area contributed by atoms with Gasteiger partial charge < -0.3 is 15.5 Å². The van der Waals surface area contributed by atoms with Crippen LogP contribution in [0.5, 0.6) is 11.5 Å². The van der Waals surface area contributed by atoms with E-state index in [2.05, 4.69) is 17.1 Å². The van der Waals surface area contributed by atoms with E-state index in [1.54, 1.807) is 6.07 Å². The van der Waals surface area contributed by atoms with Crippen LogP contribution in [-0.2, 0) is 6.54 Å². The zero-order chi connectivity index (χ0) is 13.7. The van der Waals surface area contributed by atoms with E-state index < -0.39 is 0 Å². The van der Waals surface area contributed by atoms with Crippen LogP contribution < -0.4 is 5.32 Å². The van der Waals surface area contributed by atoms with Gasteiger partial charge in [0.05, 0.1) is 0 Å². The topological polar surface area (TPSA) is 55.7 Å². The van der Waals surface area contributed by atoms with Gasteiger partial charge in [-0.15, -0.1) is 0 Å². The predicted molar refractivity (Wildman–Crippen MR) is 76.4 cm³/mol. The van der Waals surface area contributed by atoms with Gasteiger partial charge in [-0.05, 0) is 38.9 Å². The van der Waals surface area contributed by atoms with Crippen LogP contribution in [0.3, 0.4) is 0 Å². The van der Waals surface area contributed by atoms with Gasteiger partial charge in [0.25, 0.3) is 0 Å². The number of likely N-dealkylation sites (tertiary alicyclic amines) is 1. The Kier molecular flexibility index (Phi) is 5.05. The molecule has 0 saturated carbocycles. The first kappa shape index (κ1) is 14.2. The highest BCUT2D eigenvalue weighted by atomic mass is 16.3. The third-order valence-electron chi connectivity index (χ3n) is 3.87. The fraction of sp³-hybridized carbons (Fsp3) is 0.600. The molecule has 2 rings (SSSR count). The molecule has 1 atom stereocenters. The third kappa shape index (κ3) is 3.85. The summed E-state index contributed by atoms with van der Waals surface area (Å²) in [5.41, 5.74) is 0.742. The summed E-state index contributed by atoms with van der Waals surface area (Å²) in [6.45, 7) is 6.11. The molecule has 0 bridgehead atoms. The predicted octanol–water partition coefficient (Wildman–Crippen LogP) is 2.06. The Morgan fingerprint density at radius 2 is 1.95 bits per heavy atom. The lowest BCUT2D eigenvalue weighted by molar-refractivity contribution is 0.170. The van der Waals surface area contributed by atoms with Crippen molar-refractivity contribution in [1.82, 2.24) is 10.2 Å². The molecule has 1 aromatic rings. The molecule has 4 nitrogen and oxygen atoms in total. The van der Waals surface area contributed by atoms with Gasteiger partial charge in [-0.2, -0.15) is 0 Å². The molecule has 1 heterocycles. The minimum Gasteiger partial charge on any atom is -0.504 e. The third-order valence-corrected chi connectivity index (χ3v) is 3.87. The molecule has 106 valence electrons. The maximum Gasteiger partial charge on any atom is 0.161 e. The van der Waals surface area contributed by atoms with Crippen LogP contribution in [-0.4, -0.2) is 40.8 Å². The van der Waals surface area contributed by atoms with Crippen molar-refractivity contribution in [3.63, 3.8) is 0 Å². The molecule has 1 aliphatic rings. The molecule has 0 aromatic heterocycles. The first-order valence-corrected chi connectivity index (χ1v) is 7.13. The molecule has 19 heavy (non-hydrogen) atoms. The molecule has 4 heteroatoms. The first-order valence-electron chi connectivity index (χ1n) is 7.13. The molecule has 0 spiro atoms. The normalized spacial score (nSPS) is 18.4. The van der Waals surface area contributed by atoms with E-state index >= 15 is 0 Å². The van der Waals surface area contributed by atoms with Crippen molar-refractivity contribution in [2.75, 3.05) is 19.6 Å². The highest BCUT2D eigenvalue weighted by Gasteiger charge is 2.16. The van der Waals surface area contributed by atoms with Gasteiger partial charge in [0.2, 0.25) is 0 Å². The number of aromatic hydroxyl groups is 2. The van der Waals surface area contributed by atoms with E-state index in [1.165, 1.54) is 38.4 Å². The minimum atomic E-state index is -0.0524. The maximum atomic E-state index is 9.71. The quantitative estimate of drug-likeness (QED) is 0.713. The van der Waals surface area contributed by atoms with Crippen molar-refractivity contribution in [2.24, 2.45) is 0 Å². The molecule has 3 N–H and O–H groups in total. The standard InChI is InChI=1S/C15H24N2O2/c1-12(17-8-3-2-4-9-17)10-16-11-13-6-5-7-14(18)15(13)19/h5-7,12,16,18-19H,2-4,8-11H2,1H3. The van der Waals surface area contributed by atoms with Crippen LogP contribution >= 0.6 is 0 Å². The van der Waals surface area contributed by atoms with Crippen molar-refractivity contribution < 1.29 is 10.2 Å². The molecule has 1 unspecified atom stereocenters. The van der Waals surface area contributed by atoms with Crippen LogP contribution in [0.2, 0.25) is 0 Å². The summed E-state index contributed by atoms with van der Waals surface area (Å²) in [5.74, 6) is -0.0657. The summed E-state index contributed by atoms with van der Waals surface area (Å²) >= 11 is 0. The average molecular weight is 264 g/mol. The zero-order valence-corrected chi connectivity index (χ0v) is 11.6. The summed E-state index contributed by atoms with van der Waals surface area (Å²) in [7, 11) is 0. The first-order chi connectivity index (χ1) is 9.18. The van der Waals surface area contributed by atoms with Crippen molar-refractivity contribution in [3.05, 3.63) is 23.8 Å². The monoisotopic (exact) mass is 264 g/mol. The van der Waals surface area contributed by atoms with Gasteiger partial charge in [-0.1, -0.05) is 18.6 Å². The second kappa shape index (κ2) is 6.78. The minimum absolute atomic E-state index is 0.0133. The number of para-hydroxylation sites is 1. The molecule has 1 aromatic carbocycles. The Balaban J connectivity index is 1.78. The van der Waals surface area contributed by atoms with E-state index in [0.717, 1.165) is 12.1 Å². The lowest BCUT2D eigenvalue weighted by Crippen LogP contribution is -2.42. The second-order valence-corrected chi connectivity index (χ2v) is 5.36. The fourth-order valence-electron chi connectivity index (χ4n) is 2.62. The Hall–Kier alpha value is -1.26. The van der Waals surface area contributed by atoms with Crippen LogP contribution in [0.25, 0.3) is 0 Å². The van der Waals surface area contributed by atoms with Crippen molar-refractivity contribution in [2.45, 2.75) is 38.8 Å². The second-order valence-electron chi connectivity index (χ2n) is 5.36. The maximum absolute atomic E-state index is 9.71. The summed E-state index contributed by atoms with van der Waals surface area (Å²) in [6, 6.07) is 5.59. The molecular formula is C15H24N2O2. The van der Waals surface area contributed by atoms with E-state index in [0.29, 0.717) is 12.6 Å². The molecule has 1 aliphatic heterocycles. The van der Waals surface area contributed by atoms with E-state index in [-0.39, 0.29) is 11.5 Å². The molecule has 0 aliphatic carbocycles. The number of benzene rings is 1. The number of hydrogen-bond donors (Lipinski definition) is 3. The summed E-state index contributed by atoms with van der Waals surface area (Å²) in [4.78, 5) is 2.51. The lowest BCUT2D eigenvalue weighted by Gasteiger charge is -2.32. The van der Waals surface area contributed by atoms with Crippen molar-refractivity contribution in [3.8, 4) is 11.5 Å². The van der Waals surface area contributed by atoms with Crippen LogP contribution in [0.4, 0.5) is 0 Å². The van der Waals surface area contributed by atoms with Gasteiger partial charge in [0.1, 0.15) is 0 Å². The number of phenols is 2. The summed E-state index contributed by atoms with van der Waals surface area (Å²) in [6.07, 6.45) is 3.96. The summed E-state index contributed by atoms with van der Waals surface area (Å²) < 4.78 is 0. The molecule has 0 amide bonds. The van der Waals surface area contributed by atoms with E-state index in [4.69, 9.17) is 0 Å². The molecule has 0 radical (unpaired) electrons. The molecule has 1 saturated heterocycles. The number of nitrogens with one attached hydrogen (secondary N) is 1. The van der Waals surface area contributed by atoms with Gasteiger partial charge in [-0.3, -0.25) is 4.90 Å². The Labute approximate surface area is 115 Å². The number of phenolic OH excluding ortho intramolecular Hbond substituents is 2. The molecular weight excluding hydrogens is 240 g/mol. The average Bonchev–Trinajstić information content (AvgIpc) is 2.44. The number of piperidine rings is 1. The fourth-order valence-corrected chi connectivity index (χ4v) is 2.62. The van der Waals surface area contributed by atoms with Gasteiger partial charge in [0, 0.05) is 24.7 Å². The van der Waals surface area contributed by atoms with Gasteiger partial charge in [0.15, 0.2) is 11.5 Å². The Morgan fingerprint density at radius 1 is 1.21 bits per heavy atom. The van der Waals surface area contributed by atoms with Gasteiger partial charge in [-0.25, -0.2) is 0 Å². The highest BCUT2D eigenvalue weighted by molar-refractivity contribution is 5.44. The van der Waals surface area contributed by atoms with Crippen LogP contribution in [0.15, 0.2) is 18.2 Å².